The first-order valence-corrected chi connectivity index (χ1v) is 4.91. The zero-order valence-electron chi connectivity index (χ0n) is 9.41. The maximum atomic E-state index is 11.2. The number of aliphatic hydroxyl groups excluding tert-OH is 4. The van der Waals surface area contributed by atoms with Gasteiger partial charge in [-0.05, 0) is 6.92 Å². The van der Waals surface area contributed by atoms with Crippen LogP contribution in [0.5, 0.6) is 0 Å². The third-order valence-corrected chi connectivity index (χ3v) is 2.13. The van der Waals surface area contributed by atoms with Crippen molar-refractivity contribution in [2.24, 2.45) is 0 Å². The van der Waals surface area contributed by atoms with Crippen LogP contribution in [0.3, 0.4) is 0 Å². The van der Waals surface area contributed by atoms with Gasteiger partial charge in [0.1, 0.15) is 30.6 Å². The van der Waals surface area contributed by atoms with Crippen LogP contribution in [0.2, 0.25) is 0 Å². The van der Waals surface area contributed by atoms with Gasteiger partial charge in [0.2, 0.25) is 5.91 Å². The molecular weight excluding hydrogens is 230 g/mol. The third-order valence-electron chi connectivity index (χ3n) is 2.13. The minimum atomic E-state index is -1.75. The molecule has 0 fully saturated rings. The summed E-state index contributed by atoms with van der Waals surface area (Å²) in [6.45, 7) is 3.96. The molecular formula is C10H17NO6. The van der Waals surface area contributed by atoms with Crippen LogP contribution in [0.25, 0.3) is 0 Å². The fourth-order valence-corrected chi connectivity index (χ4v) is 1.02. The van der Waals surface area contributed by atoms with Crippen molar-refractivity contribution in [1.82, 2.24) is 5.32 Å². The zero-order valence-corrected chi connectivity index (χ0v) is 9.41. The molecule has 0 saturated heterocycles. The van der Waals surface area contributed by atoms with Crippen molar-refractivity contribution >= 4 is 12.2 Å². The topological polar surface area (TPSA) is 127 Å². The van der Waals surface area contributed by atoms with Crippen LogP contribution in [0.15, 0.2) is 12.2 Å². The Kier molecular flexibility index (Phi) is 6.59. The molecule has 0 aromatic carbocycles. The largest absolute Gasteiger partial charge is 0.394 e. The molecule has 0 aliphatic heterocycles. The first kappa shape index (κ1) is 15.7. The first-order chi connectivity index (χ1) is 7.84. The van der Waals surface area contributed by atoms with Crippen LogP contribution in [0.1, 0.15) is 6.92 Å². The molecule has 0 unspecified atom stereocenters. The minimum absolute atomic E-state index is 0.126. The van der Waals surface area contributed by atoms with E-state index in [0.717, 1.165) is 0 Å². The summed E-state index contributed by atoms with van der Waals surface area (Å²) in [6.07, 6.45) is -4.86. The monoisotopic (exact) mass is 247 g/mol. The van der Waals surface area contributed by atoms with Gasteiger partial charge >= 0.3 is 0 Å². The molecule has 0 radical (unpaired) electrons. The van der Waals surface area contributed by atoms with Crippen molar-refractivity contribution in [3.8, 4) is 0 Å². The molecule has 0 aromatic rings. The van der Waals surface area contributed by atoms with Gasteiger partial charge in [-0.3, -0.25) is 4.79 Å². The number of amides is 1. The molecule has 0 spiro atoms. The van der Waals surface area contributed by atoms with E-state index in [0.29, 0.717) is 0 Å². The van der Waals surface area contributed by atoms with Gasteiger partial charge in [0, 0.05) is 5.57 Å². The first-order valence-electron chi connectivity index (χ1n) is 4.91. The molecule has 17 heavy (non-hydrogen) atoms. The lowest BCUT2D eigenvalue weighted by Gasteiger charge is -2.26. The SMILES string of the molecule is C=C(C)C(=O)N[C@@H](C=O)[C@@H](O)[C@H](O)[C@H](O)CO. The predicted molar refractivity (Wildman–Crippen MR) is 57.9 cm³/mol. The maximum Gasteiger partial charge on any atom is 0.246 e. The number of hydrogen-bond acceptors (Lipinski definition) is 6. The van der Waals surface area contributed by atoms with Crippen molar-refractivity contribution in [2.75, 3.05) is 6.61 Å². The molecule has 7 heteroatoms. The number of rotatable bonds is 7. The van der Waals surface area contributed by atoms with E-state index in [4.69, 9.17) is 10.2 Å². The molecule has 7 nitrogen and oxygen atoms in total. The van der Waals surface area contributed by atoms with Crippen molar-refractivity contribution < 1.29 is 30.0 Å². The smallest absolute Gasteiger partial charge is 0.246 e. The van der Waals surface area contributed by atoms with E-state index in [1.165, 1.54) is 6.92 Å². The summed E-state index contributed by atoms with van der Waals surface area (Å²) < 4.78 is 0. The number of hydrogen-bond donors (Lipinski definition) is 5. The second-order valence-corrected chi connectivity index (χ2v) is 3.65. The summed E-state index contributed by atoms with van der Waals surface area (Å²) in [7, 11) is 0. The number of carbonyl (C=O) groups excluding carboxylic acids is 2. The van der Waals surface area contributed by atoms with Crippen LogP contribution in [-0.2, 0) is 9.59 Å². The number of carbonyl (C=O) groups is 2. The van der Waals surface area contributed by atoms with Gasteiger partial charge < -0.3 is 30.5 Å². The van der Waals surface area contributed by atoms with Crippen molar-refractivity contribution in [2.45, 2.75) is 31.3 Å². The van der Waals surface area contributed by atoms with E-state index in [1.54, 1.807) is 0 Å². The van der Waals surface area contributed by atoms with Crippen molar-refractivity contribution in [3.63, 3.8) is 0 Å². The molecule has 0 aliphatic carbocycles. The number of aliphatic hydroxyl groups is 4. The van der Waals surface area contributed by atoms with E-state index in [1.807, 2.05) is 0 Å². The molecule has 0 rings (SSSR count). The lowest BCUT2D eigenvalue weighted by Crippen LogP contribution is -2.53. The molecule has 5 N–H and O–H groups in total. The average molecular weight is 247 g/mol. The standard InChI is InChI=1S/C10H17NO6/c1-5(2)10(17)11-6(3-12)8(15)9(16)7(14)4-13/h3,6-9,13-16H,1,4H2,2H3,(H,11,17)/t6-,7+,8+,9+/m0/s1. The quantitative estimate of drug-likeness (QED) is 0.246. The second-order valence-electron chi connectivity index (χ2n) is 3.65. The van der Waals surface area contributed by atoms with Crippen LogP contribution < -0.4 is 5.32 Å². The Balaban J connectivity index is 4.60. The Labute approximate surface area is 98.4 Å². The lowest BCUT2D eigenvalue weighted by atomic mass is 10.0. The molecule has 0 aromatic heterocycles. The molecule has 0 bridgehead atoms. The van der Waals surface area contributed by atoms with Crippen molar-refractivity contribution in [3.05, 3.63) is 12.2 Å². The van der Waals surface area contributed by atoms with E-state index >= 15 is 0 Å². The molecule has 0 heterocycles. The Morgan fingerprint density at radius 1 is 1.35 bits per heavy atom. The Hall–Kier alpha value is -1.28. The zero-order chi connectivity index (χ0) is 13.6. The highest BCUT2D eigenvalue weighted by Gasteiger charge is 2.31. The average Bonchev–Trinajstić information content (AvgIpc) is 2.32. The van der Waals surface area contributed by atoms with E-state index < -0.39 is 36.9 Å². The predicted octanol–water partition coefficient (Wildman–Crippen LogP) is -2.68. The molecule has 98 valence electrons. The van der Waals surface area contributed by atoms with Crippen LogP contribution >= 0.6 is 0 Å². The van der Waals surface area contributed by atoms with E-state index in [9.17, 15) is 19.8 Å². The Bertz CT molecular complexity index is 293. The normalized spacial score (nSPS) is 17.7. The van der Waals surface area contributed by atoms with Crippen LogP contribution in [0, 0.1) is 0 Å². The van der Waals surface area contributed by atoms with Gasteiger partial charge in [0.15, 0.2) is 0 Å². The number of aldehydes is 1. The maximum absolute atomic E-state index is 11.2. The van der Waals surface area contributed by atoms with Gasteiger partial charge in [0.25, 0.3) is 0 Å². The fourth-order valence-electron chi connectivity index (χ4n) is 1.02. The van der Waals surface area contributed by atoms with Gasteiger partial charge in [-0.25, -0.2) is 0 Å². The lowest BCUT2D eigenvalue weighted by molar-refractivity contribution is -0.128. The van der Waals surface area contributed by atoms with Crippen LogP contribution in [-0.4, -0.2) is 63.6 Å². The minimum Gasteiger partial charge on any atom is -0.394 e. The second kappa shape index (κ2) is 7.13. The van der Waals surface area contributed by atoms with Crippen molar-refractivity contribution in [1.29, 1.82) is 0 Å². The summed E-state index contributed by atoms with van der Waals surface area (Å²) in [5.74, 6) is -0.660. The van der Waals surface area contributed by atoms with Gasteiger partial charge in [-0.15, -0.1) is 0 Å². The summed E-state index contributed by atoms with van der Waals surface area (Å²) >= 11 is 0. The summed E-state index contributed by atoms with van der Waals surface area (Å²) in [5.41, 5.74) is 0.126. The molecule has 0 saturated carbocycles. The van der Waals surface area contributed by atoms with Crippen LogP contribution in [0.4, 0.5) is 0 Å². The summed E-state index contributed by atoms with van der Waals surface area (Å²) in [5, 5.41) is 38.6. The highest BCUT2D eigenvalue weighted by molar-refractivity contribution is 5.93. The van der Waals surface area contributed by atoms with Gasteiger partial charge in [-0.2, -0.15) is 0 Å². The molecule has 0 aliphatic rings. The number of nitrogens with one attached hydrogen (secondary N) is 1. The van der Waals surface area contributed by atoms with E-state index in [-0.39, 0.29) is 11.9 Å². The summed E-state index contributed by atoms with van der Waals surface area (Å²) in [6, 6.07) is -1.39. The molecule has 1 amide bonds. The van der Waals surface area contributed by atoms with Gasteiger partial charge in [0.05, 0.1) is 6.61 Å². The highest BCUT2D eigenvalue weighted by Crippen LogP contribution is 2.04. The Morgan fingerprint density at radius 2 is 1.88 bits per heavy atom. The fraction of sp³-hybridized carbons (Fsp3) is 0.600. The summed E-state index contributed by atoms with van der Waals surface area (Å²) in [4.78, 5) is 21.9. The Morgan fingerprint density at radius 3 is 2.24 bits per heavy atom. The van der Waals surface area contributed by atoms with E-state index in [2.05, 4.69) is 11.9 Å². The highest BCUT2D eigenvalue weighted by atomic mass is 16.4. The van der Waals surface area contributed by atoms with Gasteiger partial charge in [-0.1, -0.05) is 6.58 Å². The third kappa shape index (κ3) is 4.61. The molecule has 4 atom stereocenters.